The molecule has 2 fully saturated rings. The quantitative estimate of drug-likeness (QED) is 0.699. The molecule has 2 amide bonds. The first kappa shape index (κ1) is 23.7. The Morgan fingerprint density at radius 1 is 1.03 bits per heavy atom. The summed E-state index contributed by atoms with van der Waals surface area (Å²) in [6, 6.07) is 2.00. The Morgan fingerprint density at radius 2 is 1.65 bits per heavy atom. The molecule has 7 nitrogen and oxygen atoms in total. The van der Waals surface area contributed by atoms with Gasteiger partial charge in [-0.25, -0.2) is 9.78 Å². The third-order valence-electron chi connectivity index (χ3n) is 5.46. The number of aromatic nitrogens is 1. The van der Waals surface area contributed by atoms with Gasteiger partial charge in [0.05, 0.1) is 0 Å². The SMILES string of the molecule is Cc1cnc(OC2CCSCC2)c(C(=O)N[C@H]2CC[C@@H](NC(=O)OC(C)(C)C)CC2)c1. The van der Waals surface area contributed by atoms with Gasteiger partial charge in [0, 0.05) is 18.3 Å². The maximum Gasteiger partial charge on any atom is 0.407 e. The lowest BCUT2D eigenvalue weighted by Gasteiger charge is -2.30. The number of amides is 2. The Kier molecular flexibility index (Phi) is 8.08. The first-order chi connectivity index (χ1) is 14.7. The van der Waals surface area contributed by atoms with Crippen molar-refractivity contribution in [3.63, 3.8) is 0 Å². The van der Waals surface area contributed by atoms with Gasteiger partial charge in [0.2, 0.25) is 5.88 Å². The second-order valence-corrected chi connectivity index (χ2v) is 10.7. The van der Waals surface area contributed by atoms with Gasteiger partial charge in [-0.2, -0.15) is 11.8 Å². The zero-order valence-corrected chi connectivity index (χ0v) is 19.8. The lowest BCUT2D eigenvalue weighted by atomic mass is 9.91. The fourth-order valence-electron chi connectivity index (χ4n) is 3.88. The molecular weight excluding hydrogens is 414 g/mol. The zero-order valence-electron chi connectivity index (χ0n) is 19.0. The van der Waals surface area contributed by atoms with Crippen LogP contribution in [0.25, 0.3) is 0 Å². The number of thioether (sulfide) groups is 1. The van der Waals surface area contributed by atoms with Gasteiger partial charge in [0.15, 0.2) is 0 Å². The highest BCUT2D eigenvalue weighted by molar-refractivity contribution is 7.99. The van der Waals surface area contributed by atoms with E-state index < -0.39 is 5.60 Å². The average molecular weight is 450 g/mol. The number of rotatable bonds is 5. The smallest absolute Gasteiger partial charge is 0.407 e. The molecule has 1 aromatic heterocycles. The lowest BCUT2D eigenvalue weighted by molar-refractivity contribution is 0.0487. The minimum Gasteiger partial charge on any atom is -0.474 e. The molecule has 0 atom stereocenters. The molecule has 1 saturated heterocycles. The third-order valence-corrected chi connectivity index (χ3v) is 6.51. The molecule has 3 rings (SSSR count). The van der Waals surface area contributed by atoms with E-state index in [4.69, 9.17) is 9.47 Å². The molecule has 2 N–H and O–H groups in total. The minimum absolute atomic E-state index is 0.0728. The van der Waals surface area contributed by atoms with E-state index in [-0.39, 0.29) is 30.2 Å². The van der Waals surface area contributed by atoms with E-state index in [9.17, 15) is 9.59 Å². The Morgan fingerprint density at radius 3 is 2.26 bits per heavy atom. The van der Waals surface area contributed by atoms with Gasteiger partial charge in [0.1, 0.15) is 17.3 Å². The number of carbonyl (C=O) groups is 2. The summed E-state index contributed by atoms with van der Waals surface area (Å²) in [5, 5.41) is 6.08. The fourth-order valence-corrected chi connectivity index (χ4v) is 4.95. The zero-order chi connectivity index (χ0) is 22.4. The van der Waals surface area contributed by atoms with E-state index in [1.807, 2.05) is 45.5 Å². The summed E-state index contributed by atoms with van der Waals surface area (Å²) in [5.74, 6) is 2.46. The molecule has 1 aromatic rings. The van der Waals surface area contributed by atoms with Crippen LogP contribution in [0.3, 0.4) is 0 Å². The molecule has 1 saturated carbocycles. The highest BCUT2D eigenvalue weighted by atomic mass is 32.2. The molecule has 1 aliphatic carbocycles. The Bertz CT molecular complexity index is 767. The first-order valence-corrected chi connectivity index (χ1v) is 12.4. The van der Waals surface area contributed by atoms with Gasteiger partial charge in [-0.3, -0.25) is 4.79 Å². The minimum atomic E-state index is -0.507. The van der Waals surface area contributed by atoms with Gasteiger partial charge < -0.3 is 20.1 Å². The summed E-state index contributed by atoms with van der Waals surface area (Å²) in [6.07, 6.45) is 6.68. The van der Waals surface area contributed by atoms with Gasteiger partial charge >= 0.3 is 6.09 Å². The normalized spacial score (nSPS) is 22.5. The molecule has 0 unspecified atom stereocenters. The molecule has 1 aliphatic heterocycles. The van der Waals surface area contributed by atoms with Gasteiger partial charge in [-0.15, -0.1) is 0 Å². The van der Waals surface area contributed by atoms with Crippen LogP contribution in [0.2, 0.25) is 0 Å². The number of ether oxygens (including phenoxy) is 2. The summed E-state index contributed by atoms with van der Waals surface area (Å²) in [6.45, 7) is 7.48. The van der Waals surface area contributed by atoms with Gasteiger partial charge in [0.25, 0.3) is 5.91 Å². The molecule has 2 aliphatic rings. The Hall–Kier alpha value is -1.96. The molecule has 8 heteroatoms. The summed E-state index contributed by atoms with van der Waals surface area (Å²) in [7, 11) is 0. The predicted molar refractivity (Wildman–Crippen MR) is 123 cm³/mol. The van der Waals surface area contributed by atoms with Crippen LogP contribution in [0.1, 0.15) is 75.2 Å². The maximum absolute atomic E-state index is 13.0. The van der Waals surface area contributed by atoms with Crippen LogP contribution in [-0.4, -0.2) is 52.3 Å². The molecule has 172 valence electrons. The van der Waals surface area contributed by atoms with E-state index in [0.717, 1.165) is 55.6 Å². The maximum atomic E-state index is 13.0. The Balaban J connectivity index is 1.52. The van der Waals surface area contributed by atoms with Crippen molar-refractivity contribution in [2.75, 3.05) is 11.5 Å². The van der Waals surface area contributed by atoms with Crippen molar-refractivity contribution in [3.8, 4) is 5.88 Å². The first-order valence-electron chi connectivity index (χ1n) is 11.2. The lowest BCUT2D eigenvalue weighted by Crippen LogP contribution is -2.45. The molecule has 2 heterocycles. The standard InChI is InChI=1S/C23H35N3O4S/c1-15-13-19(21(24-14-15)29-18-9-11-31-12-10-18)20(27)25-16-5-7-17(8-6-16)26-22(28)30-23(2,3)4/h13-14,16-18H,5-12H2,1-4H3,(H,25,27)(H,26,28)/t16-,17+. The summed E-state index contributed by atoms with van der Waals surface area (Å²) in [4.78, 5) is 29.4. The number of hydrogen-bond acceptors (Lipinski definition) is 6. The van der Waals surface area contributed by atoms with Crippen LogP contribution in [0.4, 0.5) is 4.79 Å². The molecular formula is C23H35N3O4S. The van der Waals surface area contributed by atoms with Crippen LogP contribution in [0.5, 0.6) is 5.88 Å². The van der Waals surface area contributed by atoms with Crippen molar-refractivity contribution in [1.82, 2.24) is 15.6 Å². The van der Waals surface area contributed by atoms with Crippen molar-refractivity contribution in [1.29, 1.82) is 0 Å². The van der Waals surface area contributed by atoms with E-state index >= 15 is 0 Å². The number of hydrogen-bond donors (Lipinski definition) is 2. The van der Waals surface area contributed by atoms with Crippen LogP contribution < -0.4 is 15.4 Å². The van der Waals surface area contributed by atoms with Crippen molar-refractivity contribution >= 4 is 23.8 Å². The highest BCUT2D eigenvalue weighted by Gasteiger charge is 2.27. The largest absolute Gasteiger partial charge is 0.474 e. The second kappa shape index (κ2) is 10.6. The molecule has 0 aromatic carbocycles. The topological polar surface area (TPSA) is 89.5 Å². The van der Waals surface area contributed by atoms with Gasteiger partial charge in [-0.1, -0.05) is 0 Å². The van der Waals surface area contributed by atoms with Crippen molar-refractivity contribution in [2.24, 2.45) is 0 Å². The van der Waals surface area contributed by atoms with Crippen LogP contribution >= 0.6 is 11.8 Å². The monoisotopic (exact) mass is 449 g/mol. The van der Waals surface area contributed by atoms with Crippen LogP contribution in [0.15, 0.2) is 12.3 Å². The number of nitrogens with one attached hydrogen (secondary N) is 2. The van der Waals surface area contributed by atoms with Gasteiger partial charge in [-0.05, 0) is 89.4 Å². The van der Waals surface area contributed by atoms with Crippen LogP contribution in [0, 0.1) is 6.92 Å². The third kappa shape index (κ3) is 7.59. The fraction of sp³-hybridized carbons (Fsp3) is 0.696. The Labute approximate surface area is 189 Å². The molecule has 31 heavy (non-hydrogen) atoms. The molecule has 0 bridgehead atoms. The summed E-state index contributed by atoms with van der Waals surface area (Å²) in [5.41, 5.74) is 0.932. The average Bonchev–Trinajstić information content (AvgIpc) is 2.70. The van der Waals surface area contributed by atoms with Crippen molar-refractivity contribution in [2.45, 2.75) is 90.0 Å². The predicted octanol–water partition coefficient (Wildman–Crippen LogP) is 4.23. The number of aryl methyl sites for hydroxylation is 1. The van der Waals surface area contributed by atoms with E-state index in [0.29, 0.717) is 11.4 Å². The highest BCUT2D eigenvalue weighted by Crippen LogP contribution is 2.25. The summed E-state index contributed by atoms with van der Waals surface area (Å²) < 4.78 is 11.4. The molecule has 0 radical (unpaired) electrons. The number of alkyl carbamates (subject to hydrolysis) is 1. The van der Waals surface area contributed by atoms with E-state index in [2.05, 4.69) is 15.6 Å². The van der Waals surface area contributed by atoms with Crippen LogP contribution in [-0.2, 0) is 4.74 Å². The van der Waals surface area contributed by atoms with Crippen molar-refractivity contribution in [3.05, 3.63) is 23.4 Å². The van der Waals surface area contributed by atoms with E-state index in [1.165, 1.54) is 0 Å². The van der Waals surface area contributed by atoms with E-state index in [1.54, 1.807) is 6.20 Å². The summed E-state index contributed by atoms with van der Waals surface area (Å²) >= 11 is 1.94. The van der Waals surface area contributed by atoms with Crippen molar-refractivity contribution < 1.29 is 19.1 Å². The number of carbonyl (C=O) groups excluding carboxylic acids is 2. The number of nitrogens with zero attached hydrogens (tertiary/aromatic N) is 1. The number of pyridine rings is 1. The second-order valence-electron chi connectivity index (χ2n) is 9.46. The molecule has 0 spiro atoms.